The summed E-state index contributed by atoms with van der Waals surface area (Å²) in [5.41, 5.74) is 8.68. The molecule has 0 aromatic heterocycles. The highest BCUT2D eigenvalue weighted by Gasteiger charge is 2.47. The largest absolute Gasteiger partial charge is 0.507 e. The second-order valence-electron chi connectivity index (χ2n) is 12.8. The van der Waals surface area contributed by atoms with E-state index in [0.717, 1.165) is 50.1 Å². The smallest absolute Gasteiger partial charge is 0.229 e. The third-order valence-electron chi connectivity index (χ3n) is 10.1. The molecule has 7 heteroatoms. The number of aromatic hydroxyl groups is 1. The number of phenols is 1. The maximum atomic E-state index is 11.2. The summed E-state index contributed by atoms with van der Waals surface area (Å²) < 4.78 is 12.1. The fourth-order valence-corrected chi connectivity index (χ4v) is 7.64. The number of aliphatic hydroxyl groups is 4. The molecule has 1 aliphatic carbocycles. The molecule has 1 unspecified atom stereocenters. The molecule has 250 valence electrons. The van der Waals surface area contributed by atoms with Crippen molar-refractivity contribution in [2.45, 2.75) is 36.1 Å². The number of benzene rings is 6. The van der Waals surface area contributed by atoms with Crippen LogP contribution in [0.1, 0.15) is 22.3 Å². The first-order valence-corrected chi connectivity index (χ1v) is 16.7. The van der Waals surface area contributed by atoms with Gasteiger partial charge >= 0.3 is 0 Å². The second kappa shape index (κ2) is 12.9. The van der Waals surface area contributed by atoms with Crippen LogP contribution in [0.25, 0.3) is 33.4 Å². The number of aliphatic hydroxyl groups excluding tert-OH is 4. The average Bonchev–Trinajstić information content (AvgIpc) is 3.47. The summed E-state index contributed by atoms with van der Waals surface area (Å²) in [5.74, 6) is 0.567. The molecule has 6 aromatic rings. The maximum Gasteiger partial charge on any atom is 0.229 e. The molecule has 1 aliphatic heterocycles. The van der Waals surface area contributed by atoms with Gasteiger partial charge in [-0.2, -0.15) is 0 Å². The van der Waals surface area contributed by atoms with Crippen molar-refractivity contribution in [1.29, 1.82) is 0 Å². The van der Waals surface area contributed by atoms with E-state index >= 15 is 0 Å². The average molecular weight is 665 g/mol. The van der Waals surface area contributed by atoms with Gasteiger partial charge in [0.05, 0.1) is 12.0 Å². The van der Waals surface area contributed by atoms with Crippen LogP contribution in [0.5, 0.6) is 11.5 Å². The Morgan fingerprint density at radius 2 is 1.06 bits per heavy atom. The fraction of sp³-hybridized carbons (Fsp3) is 0.163. The molecule has 0 saturated carbocycles. The lowest BCUT2D eigenvalue weighted by Gasteiger charge is -2.40. The van der Waals surface area contributed by atoms with Crippen molar-refractivity contribution in [3.05, 3.63) is 168 Å². The van der Waals surface area contributed by atoms with Gasteiger partial charge in [-0.15, -0.1) is 0 Å². The van der Waals surface area contributed by atoms with Gasteiger partial charge in [-0.3, -0.25) is 0 Å². The molecule has 5 atom stereocenters. The SMILES string of the molecule is OC[C@H]1OC(Oc2ccc(C3(c4ccc(O)c(-c5ccccc5)c4)c4ccccc4-c4ccccc43)cc2-c2ccccc2)[C@H](O)[C@@H](O)[C@@H]1O. The van der Waals surface area contributed by atoms with Crippen LogP contribution >= 0.6 is 0 Å². The minimum absolute atomic E-state index is 0.183. The summed E-state index contributed by atoms with van der Waals surface area (Å²) in [4.78, 5) is 0. The van der Waals surface area contributed by atoms with Crippen molar-refractivity contribution >= 4 is 0 Å². The molecule has 0 bridgehead atoms. The Morgan fingerprint density at radius 1 is 0.540 bits per heavy atom. The van der Waals surface area contributed by atoms with Crippen LogP contribution in [-0.2, 0) is 10.2 Å². The monoisotopic (exact) mass is 664 g/mol. The van der Waals surface area contributed by atoms with E-state index in [9.17, 15) is 25.5 Å². The molecular formula is C43H36O7. The van der Waals surface area contributed by atoms with E-state index in [0.29, 0.717) is 11.3 Å². The van der Waals surface area contributed by atoms with Crippen LogP contribution < -0.4 is 4.74 Å². The summed E-state index contributed by atoms with van der Waals surface area (Å²) in [6.07, 6.45) is -7.11. The van der Waals surface area contributed by atoms with Crippen LogP contribution in [0, 0.1) is 0 Å². The zero-order valence-corrected chi connectivity index (χ0v) is 27.0. The number of fused-ring (bicyclic) bond motifs is 3. The summed E-state index contributed by atoms with van der Waals surface area (Å²) in [5, 5.41) is 52.7. The van der Waals surface area contributed by atoms with Crippen molar-refractivity contribution in [3.8, 4) is 44.9 Å². The van der Waals surface area contributed by atoms with E-state index in [-0.39, 0.29) is 5.75 Å². The zero-order valence-electron chi connectivity index (χ0n) is 27.0. The number of phenolic OH excluding ortho intramolecular Hbond substituents is 1. The molecule has 1 fully saturated rings. The third kappa shape index (κ3) is 5.10. The Morgan fingerprint density at radius 3 is 1.66 bits per heavy atom. The van der Waals surface area contributed by atoms with E-state index in [4.69, 9.17) is 9.47 Å². The van der Waals surface area contributed by atoms with Crippen molar-refractivity contribution < 1.29 is 35.0 Å². The van der Waals surface area contributed by atoms with Gasteiger partial charge in [0.15, 0.2) is 0 Å². The number of rotatable bonds is 7. The normalized spacial score (nSPS) is 22.0. The molecule has 0 spiro atoms. The van der Waals surface area contributed by atoms with E-state index in [1.54, 1.807) is 6.07 Å². The molecule has 7 nitrogen and oxygen atoms in total. The van der Waals surface area contributed by atoms with Gasteiger partial charge in [0.25, 0.3) is 0 Å². The molecule has 0 radical (unpaired) electrons. The Labute approximate surface area is 289 Å². The molecule has 6 aromatic carbocycles. The van der Waals surface area contributed by atoms with E-state index < -0.39 is 42.7 Å². The van der Waals surface area contributed by atoms with Crippen LogP contribution in [0.4, 0.5) is 0 Å². The first kappa shape index (κ1) is 32.0. The number of hydrogen-bond acceptors (Lipinski definition) is 7. The molecule has 1 saturated heterocycles. The first-order valence-electron chi connectivity index (χ1n) is 16.7. The summed E-state index contributed by atoms with van der Waals surface area (Å²) in [7, 11) is 0. The van der Waals surface area contributed by atoms with Gasteiger partial charge in [0, 0.05) is 11.1 Å². The molecule has 8 rings (SSSR count). The van der Waals surface area contributed by atoms with Gasteiger partial charge in [0.2, 0.25) is 6.29 Å². The van der Waals surface area contributed by atoms with Crippen LogP contribution in [0.3, 0.4) is 0 Å². The minimum Gasteiger partial charge on any atom is -0.507 e. The molecule has 5 N–H and O–H groups in total. The van der Waals surface area contributed by atoms with Crippen LogP contribution in [0.2, 0.25) is 0 Å². The Kier molecular flexibility index (Phi) is 8.23. The van der Waals surface area contributed by atoms with E-state index in [1.807, 2.05) is 103 Å². The lowest BCUT2D eigenvalue weighted by molar-refractivity contribution is -0.277. The topological polar surface area (TPSA) is 120 Å². The molecule has 1 heterocycles. The summed E-state index contributed by atoms with van der Waals surface area (Å²) >= 11 is 0. The zero-order chi connectivity index (χ0) is 34.4. The fourth-order valence-electron chi connectivity index (χ4n) is 7.64. The quantitative estimate of drug-likeness (QED) is 0.136. The van der Waals surface area contributed by atoms with Crippen molar-refractivity contribution in [2.75, 3.05) is 6.61 Å². The van der Waals surface area contributed by atoms with Gasteiger partial charge in [-0.1, -0.05) is 121 Å². The van der Waals surface area contributed by atoms with Gasteiger partial charge < -0.3 is 35.0 Å². The highest BCUT2D eigenvalue weighted by atomic mass is 16.7. The summed E-state index contributed by atoms with van der Waals surface area (Å²) in [6, 6.07) is 48.1. The van der Waals surface area contributed by atoms with Crippen molar-refractivity contribution in [2.24, 2.45) is 0 Å². The van der Waals surface area contributed by atoms with Crippen LogP contribution in [0.15, 0.2) is 146 Å². The predicted octanol–water partition coefficient (Wildman–Crippen LogP) is 6.27. The highest BCUT2D eigenvalue weighted by Crippen LogP contribution is 2.57. The number of hydrogen-bond donors (Lipinski definition) is 5. The molecule has 2 aliphatic rings. The Bertz CT molecular complexity index is 2100. The maximum absolute atomic E-state index is 11.2. The number of ether oxygens (including phenoxy) is 2. The van der Waals surface area contributed by atoms with Gasteiger partial charge in [0.1, 0.15) is 35.9 Å². The van der Waals surface area contributed by atoms with Crippen molar-refractivity contribution in [1.82, 2.24) is 0 Å². The standard InChI is InChI=1S/C43H36O7/c44-25-38-39(46)40(47)41(48)42(50-38)49-37-22-20-29(24-33(37)27-13-5-2-6-14-27)43(28-19-21-36(45)32(23-28)26-11-3-1-4-12-26)34-17-9-7-15-30(34)31-16-8-10-18-35(31)43/h1-24,38-42,44-48H,25H2/t38-,39-,40+,41-,42?/m1/s1. The molecule has 50 heavy (non-hydrogen) atoms. The van der Waals surface area contributed by atoms with E-state index in [1.165, 1.54) is 0 Å². The Balaban J connectivity index is 1.37. The Hall–Kier alpha value is -5.28. The lowest BCUT2D eigenvalue weighted by Crippen LogP contribution is -2.60. The minimum atomic E-state index is -1.58. The molecular weight excluding hydrogens is 628 g/mol. The van der Waals surface area contributed by atoms with Crippen LogP contribution in [-0.4, -0.2) is 62.8 Å². The molecule has 0 amide bonds. The lowest BCUT2D eigenvalue weighted by atomic mass is 9.67. The third-order valence-corrected chi connectivity index (χ3v) is 10.1. The van der Waals surface area contributed by atoms with E-state index in [2.05, 4.69) is 36.4 Å². The summed E-state index contributed by atoms with van der Waals surface area (Å²) in [6.45, 7) is -0.561. The second-order valence-corrected chi connectivity index (χ2v) is 12.8. The highest BCUT2D eigenvalue weighted by molar-refractivity contribution is 5.88. The van der Waals surface area contributed by atoms with Gasteiger partial charge in [-0.05, 0) is 68.8 Å². The predicted molar refractivity (Wildman–Crippen MR) is 191 cm³/mol. The van der Waals surface area contributed by atoms with Crippen molar-refractivity contribution in [3.63, 3.8) is 0 Å². The first-order chi connectivity index (χ1) is 24.4. The van der Waals surface area contributed by atoms with Gasteiger partial charge in [-0.25, -0.2) is 0 Å².